The number of nitrogens with one attached hydrogen (secondary N) is 2. The van der Waals surface area contributed by atoms with Gasteiger partial charge in [-0.15, -0.1) is 0 Å². The SMILES string of the molecule is COc1ccc2c(c1)CC(C(=O)Nc1cc(-c3ccncc3)c[nH]c1=O)CO2. The van der Waals surface area contributed by atoms with Crippen molar-refractivity contribution in [3.8, 4) is 22.6 Å². The summed E-state index contributed by atoms with van der Waals surface area (Å²) in [5.74, 6) is 0.807. The van der Waals surface area contributed by atoms with Gasteiger partial charge in [-0.25, -0.2) is 0 Å². The Balaban J connectivity index is 1.53. The molecule has 1 amide bonds. The van der Waals surface area contributed by atoms with Crippen molar-refractivity contribution in [2.24, 2.45) is 5.92 Å². The van der Waals surface area contributed by atoms with Gasteiger partial charge in [0.1, 0.15) is 23.8 Å². The first-order valence-electron chi connectivity index (χ1n) is 8.88. The average Bonchev–Trinajstić information content (AvgIpc) is 2.75. The maximum absolute atomic E-state index is 12.7. The van der Waals surface area contributed by atoms with Gasteiger partial charge in [-0.3, -0.25) is 14.6 Å². The second-order valence-electron chi connectivity index (χ2n) is 6.54. The number of aromatic nitrogens is 2. The summed E-state index contributed by atoms with van der Waals surface area (Å²) < 4.78 is 10.9. The normalized spacial score (nSPS) is 15.2. The zero-order valence-corrected chi connectivity index (χ0v) is 15.3. The van der Waals surface area contributed by atoms with Crippen LogP contribution in [-0.2, 0) is 11.2 Å². The minimum atomic E-state index is -0.399. The highest BCUT2D eigenvalue weighted by Gasteiger charge is 2.27. The number of ether oxygens (including phenoxy) is 2. The van der Waals surface area contributed by atoms with E-state index in [4.69, 9.17) is 9.47 Å². The summed E-state index contributed by atoms with van der Waals surface area (Å²) in [6.45, 7) is 0.257. The number of pyridine rings is 2. The Kier molecular flexibility index (Phi) is 4.80. The third kappa shape index (κ3) is 3.59. The number of amides is 1. The highest BCUT2D eigenvalue weighted by Crippen LogP contribution is 2.31. The number of carbonyl (C=O) groups excluding carboxylic acids is 1. The van der Waals surface area contributed by atoms with E-state index in [1.807, 2.05) is 30.3 Å². The molecule has 1 aromatic carbocycles. The number of hydrogen-bond acceptors (Lipinski definition) is 5. The fraction of sp³-hybridized carbons (Fsp3) is 0.190. The molecule has 0 spiro atoms. The van der Waals surface area contributed by atoms with E-state index in [9.17, 15) is 9.59 Å². The molecule has 4 rings (SSSR count). The van der Waals surface area contributed by atoms with Crippen LogP contribution in [-0.4, -0.2) is 29.6 Å². The van der Waals surface area contributed by atoms with Crippen molar-refractivity contribution in [2.45, 2.75) is 6.42 Å². The number of carbonyl (C=O) groups is 1. The number of aromatic amines is 1. The Morgan fingerprint density at radius 1 is 1.21 bits per heavy atom. The van der Waals surface area contributed by atoms with Gasteiger partial charge >= 0.3 is 0 Å². The van der Waals surface area contributed by atoms with E-state index < -0.39 is 5.92 Å². The topological polar surface area (TPSA) is 93.3 Å². The molecular formula is C21H19N3O4. The molecule has 0 saturated carbocycles. The smallest absolute Gasteiger partial charge is 0.271 e. The van der Waals surface area contributed by atoms with Gasteiger partial charge in [0.2, 0.25) is 5.91 Å². The largest absolute Gasteiger partial charge is 0.497 e. The number of anilines is 1. The van der Waals surface area contributed by atoms with Crippen LogP contribution >= 0.6 is 0 Å². The molecular weight excluding hydrogens is 358 g/mol. The van der Waals surface area contributed by atoms with Crippen molar-refractivity contribution in [1.29, 1.82) is 0 Å². The maximum atomic E-state index is 12.7. The predicted octanol–water partition coefficient (Wildman–Crippen LogP) is 2.64. The molecule has 3 heterocycles. The average molecular weight is 377 g/mol. The molecule has 1 aliphatic heterocycles. The Hall–Kier alpha value is -3.61. The zero-order valence-electron chi connectivity index (χ0n) is 15.3. The molecule has 0 aliphatic carbocycles. The number of methoxy groups -OCH3 is 1. The summed E-state index contributed by atoms with van der Waals surface area (Å²) in [7, 11) is 1.59. The van der Waals surface area contributed by atoms with Crippen LogP contribution < -0.4 is 20.3 Å². The molecule has 1 aliphatic rings. The first-order valence-corrected chi connectivity index (χ1v) is 8.88. The molecule has 3 aromatic rings. The summed E-state index contributed by atoms with van der Waals surface area (Å²) >= 11 is 0. The summed E-state index contributed by atoms with van der Waals surface area (Å²) in [5, 5.41) is 2.74. The van der Waals surface area contributed by atoms with Gasteiger partial charge in [-0.2, -0.15) is 0 Å². The van der Waals surface area contributed by atoms with Gasteiger partial charge < -0.3 is 19.8 Å². The number of benzene rings is 1. The van der Waals surface area contributed by atoms with Crippen molar-refractivity contribution < 1.29 is 14.3 Å². The van der Waals surface area contributed by atoms with E-state index in [2.05, 4.69) is 15.3 Å². The highest BCUT2D eigenvalue weighted by atomic mass is 16.5. The second-order valence-corrected chi connectivity index (χ2v) is 6.54. The quantitative estimate of drug-likeness (QED) is 0.729. The van der Waals surface area contributed by atoms with E-state index in [1.165, 1.54) is 0 Å². The van der Waals surface area contributed by atoms with Crippen LogP contribution in [0.15, 0.2) is 59.8 Å². The highest BCUT2D eigenvalue weighted by molar-refractivity contribution is 5.93. The van der Waals surface area contributed by atoms with Crippen LogP contribution in [0, 0.1) is 5.92 Å². The molecule has 7 heteroatoms. The fourth-order valence-corrected chi connectivity index (χ4v) is 3.19. The van der Waals surface area contributed by atoms with Crippen LogP contribution in [0.1, 0.15) is 5.56 Å². The lowest BCUT2D eigenvalue weighted by Crippen LogP contribution is -2.34. The Bertz CT molecular complexity index is 1060. The van der Waals surface area contributed by atoms with E-state index in [-0.39, 0.29) is 23.8 Å². The molecule has 1 unspecified atom stereocenters. The third-order valence-corrected chi connectivity index (χ3v) is 4.72. The Morgan fingerprint density at radius 3 is 2.82 bits per heavy atom. The van der Waals surface area contributed by atoms with E-state index in [0.29, 0.717) is 12.2 Å². The van der Waals surface area contributed by atoms with E-state index >= 15 is 0 Å². The van der Waals surface area contributed by atoms with Crippen LogP contribution in [0.2, 0.25) is 0 Å². The van der Waals surface area contributed by atoms with Crippen LogP contribution in [0.25, 0.3) is 11.1 Å². The number of fused-ring (bicyclic) bond motifs is 1. The van der Waals surface area contributed by atoms with E-state index in [1.54, 1.807) is 31.8 Å². The molecule has 0 bridgehead atoms. The number of hydrogen-bond donors (Lipinski definition) is 2. The monoisotopic (exact) mass is 377 g/mol. The van der Waals surface area contributed by atoms with Crippen molar-refractivity contribution in [1.82, 2.24) is 9.97 Å². The second kappa shape index (κ2) is 7.56. The standard InChI is InChI=1S/C21H19N3O4/c1-27-17-2-3-19-14(9-17)8-16(12-28-19)20(25)24-18-10-15(11-23-21(18)26)13-4-6-22-7-5-13/h2-7,9-11,16H,8,12H2,1H3,(H,23,26)(H,24,25). The van der Waals surface area contributed by atoms with Crippen molar-refractivity contribution >= 4 is 11.6 Å². The molecule has 1 atom stereocenters. The molecule has 28 heavy (non-hydrogen) atoms. The molecule has 2 aromatic heterocycles. The summed E-state index contributed by atoms with van der Waals surface area (Å²) in [6.07, 6.45) is 5.47. The lowest BCUT2D eigenvalue weighted by molar-refractivity contribution is -0.121. The summed E-state index contributed by atoms with van der Waals surface area (Å²) in [5.41, 5.74) is 2.43. The number of nitrogens with zero attached hydrogens (tertiary/aromatic N) is 1. The van der Waals surface area contributed by atoms with Crippen LogP contribution in [0.3, 0.4) is 0 Å². The van der Waals surface area contributed by atoms with Gasteiger partial charge in [-0.1, -0.05) is 0 Å². The molecule has 7 nitrogen and oxygen atoms in total. The summed E-state index contributed by atoms with van der Waals surface area (Å²) in [4.78, 5) is 31.6. The van der Waals surface area contributed by atoms with Gasteiger partial charge in [0, 0.05) is 24.2 Å². The van der Waals surface area contributed by atoms with Crippen molar-refractivity contribution in [2.75, 3.05) is 19.0 Å². The third-order valence-electron chi connectivity index (χ3n) is 4.72. The van der Waals surface area contributed by atoms with Gasteiger partial charge in [0.05, 0.1) is 13.0 Å². The minimum Gasteiger partial charge on any atom is -0.497 e. The molecule has 0 saturated heterocycles. The molecule has 142 valence electrons. The first kappa shape index (κ1) is 17.8. The Labute approximate surface area is 161 Å². The predicted molar refractivity (Wildman–Crippen MR) is 105 cm³/mol. The van der Waals surface area contributed by atoms with E-state index in [0.717, 1.165) is 22.4 Å². The molecule has 0 fully saturated rings. The van der Waals surface area contributed by atoms with Crippen LogP contribution in [0.5, 0.6) is 11.5 Å². The first-order chi connectivity index (χ1) is 13.6. The number of H-pyrrole nitrogens is 1. The van der Waals surface area contributed by atoms with Gasteiger partial charge in [-0.05, 0) is 53.9 Å². The van der Waals surface area contributed by atoms with Crippen molar-refractivity contribution in [3.63, 3.8) is 0 Å². The maximum Gasteiger partial charge on any atom is 0.271 e. The molecule has 0 radical (unpaired) electrons. The minimum absolute atomic E-state index is 0.204. The molecule has 2 N–H and O–H groups in total. The van der Waals surface area contributed by atoms with Crippen LogP contribution in [0.4, 0.5) is 5.69 Å². The summed E-state index contributed by atoms with van der Waals surface area (Å²) in [6, 6.07) is 10.9. The fourth-order valence-electron chi connectivity index (χ4n) is 3.19. The van der Waals surface area contributed by atoms with Gasteiger partial charge in [0.25, 0.3) is 5.56 Å². The van der Waals surface area contributed by atoms with Crippen molar-refractivity contribution in [3.05, 3.63) is 70.9 Å². The number of rotatable bonds is 4. The lowest BCUT2D eigenvalue weighted by Gasteiger charge is -2.25. The Morgan fingerprint density at radius 2 is 2.04 bits per heavy atom. The van der Waals surface area contributed by atoms with Gasteiger partial charge in [0.15, 0.2) is 0 Å². The lowest BCUT2D eigenvalue weighted by atomic mass is 9.95. The zero-order chi connectivity index (χ0) is 19.5.